The molecule has 7 nitrogen and oxygen atoms in total. The molecule has 3 N–H and O–H groups in total. The van der Waals surface area contributed by atoms with E-state index >= 15 is 0 Å². The maximum absolute atomic E-state index is 13.2. The summed E-state index contributed by atoms with van der Waals surface area (Å²) < 4.78 is 45.4. The number of rotatable bonds is 3. The molecular formula is C20H20F3N5O2. The van der Waals surface area contributed by atoms with Gasteiger partial charge in [-0.15, -0.1) is 0 Å². The zero-order chi connectivity index (χ0) is 21.1. The van der Waals surface area contributed by atoms with Crippen LogP contribution >= 0.6 is 0 Å². The molecule has 158 valence electrons. The SMILES string of the molecule is CC1(O)CN([C@@H]2COc3ccccc3[C@H]2Nc2ncnc3[nH]c(C(F)(F)F)cc23)C1. The van der Waals surface area contributed by atoms with Crippen molar-refractivity contribution in [3.8, 4) is 5.75 Å². The highest BCUT2D eigenvalue weighted by molar-refractivity contribution is 5.88. The number of hydrogen-bond donors (Lipinski definition) is 3. The molecule has 10 heteroatoms. The summed E-state index contributed by atoms with van der Waals surface area (Å²) in [5, 5.41) is 13.8. The number of β-amino-alcohol motifs (C(OH)–C–C–N with tert-alkyl or cyclic N) is 1. The van der Waals surface area contributed by atoms with Gasteiger partial charge in [-0.3, -0.25) is 4.90 Å². The third-order valence-corrected chi connectivity index (χ3v) is 5.63. The number of nitrogens with one attached hydrogen (secondary N) is 2. The predicted molar refractivity (Wildman–Crippen MR) is 103 cm³/mol. The highest BCUT2D eigenvalue weighted by Gasteiger charge is 2.45. The number of anilines is 1. The largest absolute Gasteiger partial charge is 0.491 e. The molecule has 2 aliphatic heterocycles. The number of benzene rings is 1. The van der Waals surface area contributed by atoms with Gasteiger partial charge in [0.2, 0.25) is 0 Å². The monoisotopic (exact) mass is 419 g/mol. The summed E-state index contributed by atoms with van der Waals surface area (Å²) in [6, 6.07) is 8.16. The predicted octanol–water partition coefficient (Wildman–Crippen LogP) is 2.96. The first-order valence-electron chi connectivity index (χ1n) is 9.57. The third-order valence-electron chi connectivity index (χ3n) is 5.63. The zero-order valence-corrected chi connectivity index (χ0v) is 16.1. The maximum Gasteiger partial charge on any atom is 0.431 e. The van der Waals surface area contributed by atoms with Gasteiger partial charge in [-0.2, -0.15) is 13.2 Å². The van der Waals surface area contributed by atoms with E-state index in [1.807, 2.05) is 24.3 Å². The van der Waals surface area contributed by atoms with E-state index in [1.54, 1.807) is 6.92 Å². The van der Waals surface area contributed by atoms with Gasteiger partial charge in [0.05, 0.1) is 23.1 Å². The topological polar surface area (TPSA) is 86.3 Å². The minimum Gasteiger partial charge on any atom is -0.491 e. The van der Waals surface area contributed by atoms with Gasteiger partial charge < -0.3 is 20.1 Å². The van der Waals surface area contributed by atoms with Crippen LogP contribution in [0.2, 0.25) is 0 Å². The fourth-order valence-electron chi connectivity index (χ4n) is 4.26. The number of hydrogen-bond acceptors (Lipinski definition) is 6. The molecule has 1 fully saturated rings. The van der Waals surface area contributed by atoms with E-state index in [4.69, 9.17) is 4.74 Å². The Morgan fingerprint density at radius 3 is 2.77 bits per heavy atom. The second-order valence-electron chi connectivity index (χ2n) is 8.11. The molecule has 2 aromatic heterocycles. The van der Waals surface area contributed by atoms with Crippen LogP contribution in [0.25, 0.3) is 11.0 Å². The van der Waals surface area contributed by atoms with Gasteiger partial charge in [-0.25, -0.2) is 9.97 Å². The molecule has 0 amide bonds. The van der Waals surface area contributed by atoms with E-state index in [2.05, 4.69) is 25.2 Å². The lowest BCUT2D eigenvalue weighted by Gasteiger charge is -2.51. The number of H-pyrrole nitrogens is 1. The standard InChI is InChI=1S/C20H20F3N5O2/c1-19(29)8-28(9-19)13-7-30-14-5-3-2-4-11(14)16(13)27-18-12-6-15(20(21,22)23)26-17(12)24-10-25-18/h2-6,10,13,16,29H,7-9H2,1H3,(H2,24,25,26,27)/t13-,16-/m1/s1. The Morgan fingerprint density at radius 1 is 1.27 bits per heavy atom. The Morgan fingerprint density at radius 2 is 2.03 bits per heavy atom. The van der Waals surface area contributed by atoms with Crippen molar-refractivity contribution in [3.05, 3.63) is 47.9 Å². The minimum atomic E-state index is -4.50. The number of aromatic amines is 1. The summed E-state index contributed by atoms with van der Waals surface area (Å²) in [5.74, 6) is 1.03. The molecule has 5 rings (SSSR count). The van der Waals surface area contributed by atoms with Crippen LogP contribution in [0.3, 0.4) is 0 Å². The second kappa shape index (κ2) is 6.58. The van der Waals surface area contributed by atoms with Crippen LogP contribution in [0.5, 0.6) is 5.75 Å². The molecule has 0 bridgehead atoms. The van der Waals surface area contributed by atoms with Gasteiger partial charge in [-0.05, 0) is 19.1 Å². The summed E-state index contributed by atoms with van der Waals surface area (Å²) in [6.07, 6.45) is -3.27. The first kappa shape index (κ1) is 19.1. The van der Waals surface area contributed by atoms with E-state index in [9.17, 15) is 18.3 Å². The summed E-state index contributed by atoms with van der Waals surface area (Å²) in [7, 11) is 0. The number of nitrogens with zero attached hydrogens (tertiary/aromatic N) is 3. The highest BCUT2D eigenvalue weighted by Crippen LogP contribution is 2.40. The van der Waals surface area contributed by atoms with Crippen molar-refractivity contribution in [1.29, 1.82) is 0 Å². The first-order chi connectivity index (χ1) is 14.2. The lowest BCUT2D eigenvalue weighted by atomic mass is 9.88. The Bertz CT molecular complexity index is 1090. The molecule has 0 aliphatic carbocycles. The Hall–Kier alpha value is -2.85. The molecule has 4 heterocycles. The zero-order valence-electron chi connectivity index (χ0n) is 16.1. The molecule has 1 saturated heterocycles. The van der Waals surface area contributed by atoms with E-state index in [1.165, 1.54) is 6.33 Å². The molecular weight excluding hydrogens is 399 g/mol. The van der Waals surface area contributed by atoms with E-state index < -0.39 is 17.5 Å². The average molecular weight is 419 g/mol. The van der Waals surface area contributed by atoms with Crippen molar-refractivity contribution in [2.24, 2.45) is 0 Å². The number of aromatic nitrogens is 3. The molecule has 1 aromatic carbocycles. The van der Waals surface area contributed by atoms with Gasteiger partial charge in [0.15, 0.2) is 0 Å². The molecule has 30 heavy (non-hydrogen) atoms. The van der Waals surface area contributed by atoms with E-state index in [0.717, 1.165) is 11.6 Å². The molecule has 0 unspecified atom stereocenters. The Balaban J connectivity index is 1.53. The maximum atomic E-state index is 13.2. The van der Waals surface area contributed by atoms with Crippen LogP contribution in [0.1, 0.15) is 24.2 Å². The van der Waals surface area contributed by atoms with Gasteiger partial charge in [0, 0.05) is 18.7 Å². The third kappa shape index (κ3) is 3.25. The fourth-order valence-corrected chi connectivity index (χ4v) is 4.26. The second-order valence-corrected chi connectivity index (χ2v) is 8.11. The number of likely N-dealkylation sites (tertiary alicyclic amines) is 1. The van der Waals surface area contributed by atoms with Gasteiger partial charge >= 0.3 is 6.18 Å². The Kier molecular flexibility index (Phi) is 4.19. The highest BCUT2D eigenvalue weighted by atomic mass is 19.4. The van der Waals surface area contributed by atoms with Crippen LogP contribution in [-0.2, 0) is 6.18 Å². The van der Waals surface area contributed by atoms with Crippen LogP contribution in [0, 0.1) is 0 Å². The number of fused-ring (bicyclic) bond motifs is 2. The van der Waals surface area contributed by atoms with Crippen molar-refractivity contribution in [2.75, 3.05) is 25.0 Å². The van der Waals surface area contributed by atoms with E-state index in [0.29, 0.717) is 31.3 Å². The number of halogens is 3. The van der Waals surface area contributed by atoms with Gasteiger partial charge in [0.1, 0.15) is 35.8 Å². The van der Waals surface area contributed by atoms with Crippen molar-refractivity contribution in [3.63, 3.8) is 0 Å². The summed E-state index contributed by atoms with van der Waals surface area (Å²) >= 11 is 0. The molecule has 0 saturated carbocycles. The molecule has 0 spiro atoms. The number of alkyl halides is 3. The number of ether oxygens (including phenoxy) is 1. The van der Waals surface area contributed by atoms with Crippen molar-refractivity contribution in [1.82, 2.24) is 19.9 Å². The first-order valence-corrected chi connectivity index (χ1v) is 9.57. The quantitative estimate of drug-likeness (QED) is 0.605. The molecule has 2 atom stereocenters. The fraction of sp³-hybridized carbons (Fsp3) is 0.400. The number of aliphatic hydroxyl groups is 1. The van der Waals surface area contributed by atoms with Gasteiger partial charge in [0.25, 0.3) is 0 Å². The molecule has 2 aliphatic rings. The summed E-state index contributed by atoms with van der Waals surface area (Å²) in [6.45, 7) is 3.14. The summed E-state index contributed by atoms with van der Waals surface area (Å²) in [5.41, 5.74) is -0.627. The normalized spacial score (nSPS) is 23.5. The molecule has 0 radical (unpaired) electrons. The van der Waals surface area contributed by atoms with Crippen LogP contribution in [0.15, 0.2) is 36.7 Å². The lowest BCUT2D eigenvalue weighted by Crippen LogP contribution is -2.66. The average Bonchev–Trinajstić information content (AvgIpc) is 3.12. The van der Waals surface area contributed by atoms with Crippen LogP contribution in [0.4, 0.5) is 19.0 Å². The molecule has 3 aromatic rings. The van der Waals surface area contributed by atoms with E-state index in [-0.39, 0.29) is 23.1 Å². The van der Waals surface area contributed by atoms with Crippen molar-refractivity contribution >= 4 is 16.9 Å². The van der Waals surface area contributed by atoms with Gasteiger partial charge in [-0.1, -0.05) is 18.2 Å². The van der Waals surface area contributed by atoms with Crippen LogP contribution in [-0.4, -0.2) is 56.3 Å². The number of para-hydroxylation sites is 1. The summed E-state index contributed by atoms with van der Waals surface area (Å²) in [4.78, 5) is 12.6. The lowest BCUT2D eigenvalue weighted by molar-refractivity contribution is -0.140. The van der Waals surface area contributed by atoms with Crippen molar-refractivity contribution in [2.45, 2.75) is 30.8 Å². The van der Waals surface area contributed by atoms with Crippen LogP contribution < -0.4 is 10.1 Å². The Labute approximate surface area is 169 Å². The minimum absolute atomic E-state index is 0.114. The smallest absolute Gasteiger partial charge is 0.431 e. The van der Waals surface area contributed by atoms with Crippen molar-refractivity contribution < 1.29 is 23.0 Å².